The van der Waals surface area contributed by atoms with Crippen molar-refractivity contribution >= 4 is 27.6 Å². The average molecular weight is 276 g/mol. The monoisotopic (exact) mass is 276 g/mol. The van der Waals surface area contributed by atoms with Gasteiger partial charge in [-0.15, -0.1) is 0 Å². The second kappa shape index (κ2) is 4.24. The molecule has 1 N–H and O–H groups in total. The Morgan fingerprint density at radius 2 is 1.67 bits per heavy atom. The lowest BCUT2D eigenvalue weighted by molar-refractivity contribution is 0.413. The number of aromatic hydroxyl groups is 1. The lowest BCUT2D eigenvalue weighted by Crippen LogP contribution is -2.12. The van der Waals surface area contributed by atoms with E-state index in [4.69, 9.17) is 0 Å². The van der Waals surface area contributed by atoms with Crippen molar-refractivity contribution in [1.82, 2.24) is 0 Å². The van der Waals surface area contributed by atoms with Gasteiger partial charge >= 0.3 is 0 Å². The Hall–Kier alpha value is -2.02. The molecule has 106 valence electrons. The molecule has 0 bridgehead atoms. The van der Waals surface area contributed by atoms with Crippen LogP contribution in [0.2, 0.25) is 0 Å². The Morgan fingerprint density at radius 3 is 2.48 bits per heavy atom. The van der Waals surface area contributed by atoms with Crippen LogP contribution in [0.3, 0.4) is 0 Å². The topological polar surface area (TPSA) is 20.2 Å². The molecule has 3 unspecified atom stereocenters. The summed E-state index contributed by atoms with van der Waals surface area (Å²) in [5, 5.41) is 16.5. The number of hydrogen-bond acceptors (Lipinski definition) is 1. The van der Waals surface area contributed by atoms with Crippen LogP contribution in [0.15, 0.2) is 36.4 Å². The zero-order valence-corrected chi connectivity index (χ0v) is 12.7. The number of phenolic OH excluding ortho intramolecular Hbond substituents is 1. The summed E-state index contributed by atoms with van der Waals surface area (Å²) >= 11 is 0. The first kappa shape index (κ1) is 12.7. The first-order valence-corrected chi connectivity index (χ1v) is 7.77. The van der Waals surface area contributed by atoms with Crippen LogP contribution in [0.4, 0.5) is 0 Å². The van der Waals surface area contributed by atoms with E-state index in [1.807, 2.05) is 6.07 Å². The molecule has 1 nitrogen and oxygen atoms in total. The molecule has 0 amide bonds. The second-order valence-corrected chi connectivity index (χ2v) is 6.59. The molecule has 1 aliphatic carbocycles. The zero-order chi connectivity index (χ0) is 14.7. The summed E-state index contributed by atoms with van der Waals surface area (Å²) in [5.74, 6) is 1.93. The van der Waals surface area contributed by atoms with Gasteiger partial charge in [0.2, 0.25) is 0 Å². The minimum absolute atomic E-state index is 0.413. The van der Waals surface area contributed by atoms with Crippen LogP contribution < -0.4 is 5.22 Å². The highest BCUT2D eigenvalue weighted by molar-refractivity contribution is 6.12. The van der Waals surface area contributed by atoms with Gasteiger partial charge in [0.1, 0.15) is 5.75 Å². The Bertz CT molecular complexity index is 907. The molecule has 0 aliphatic heterocycles. The van der Waals surface area contributed by atoms with Gasteiger partial charge in [-0.05, 0) is 50.9 Å². The van der Waals surface area contributed by atoms with Gasteiger partial charge < -0.3 is 5.11 Å². The van der Waals surface area contributed by atoms with Gasteiger partial charge in [-0.25, -0.2) is 0 Å². The molecule has 0 saturated carbocycles. The maximum atomic E-state index is 10.5. The van der Waals surface area contributed by atoms with Gasteiger partial charge in [0.25, 0.3) is 0 Å². The van der Waals surface area contributed by atoms with E-state index in [-0.39, 0.29) is 0 Å². The van der Waals surface area contributed by atoms with E-state index in [1.54, 1.807) is 0 Å². The molecule has 3 atom stereocenters. The van der Waals surface area contributed by atoms with E-state index in [0.717, 1.165) is 10.6 Å². The molecular weight excluding hydrogens is 256 g/mol. The van der Waals surface area contributed by atoms with Crippen LogP contribution in [-0.4, -0.2) is 5.11 Å². The molecule has 1 heteroatoms. The predicted molar refractivity (Wildman–Crippen MR) is 89.5 cm³/mol. The van der Waals surface area contributed by atoms with Gasteiger partial charge in [0.05, 0.1) is 0 Å². The summed E-state index contributed by atoms with van der Waals surface area (Å²) in [6, 6.07) is 12.7. The van der Waals surface area contributed by atoms with Crippen LogP contribution in [0, 0.1) is 11.8 Å². The fourth-order valence-corrected chi connectivity index (χ4v) is 3.89. The van der Waals surface area contributed by atoms with E-state index in [1.165, 1.54) is 21.7 Å². The standard InChI is InChI=1S/C20H20O/c1-11-9-17-18(21)10-15-6-4-5-14-7-8-16(13(3)12(11)2)20(17)19(14)15/h4-13,21H,1-3H3. The normalized spacial score (nSPS) is 25.0. The van der Waals surface area contributed by atoms with Crippen molar-refractivity contribution in [3.05, 3.63) is 47.2 Å². The summed E-state index contributed by atoms with van der Waals surface area (Å²) in [4.78, 5) is 0. The fraction of sp³-hybridized carbons (Fsp3) is 0.300. The van der Waals surface area contributed by atoms with E-state index in [2.05, 4.69) is 57.2 Å². The van der Waals surface area contributed by atoms with Crippen molar-refractivity contribution in [2.75, 3.05) is 0 Å². The quantitative estimate of drug-likeness (QED) is 0.637. The number of phenols is 1. The lowest BCUT2D eigenvalue weighted by atomic mass is 9.81. The third kappa shape index (κ3) is 1.64. The molecule has 0 saturated heterocycles. The SMILES string of the molecule is CC1C=c2c(O)cc3cccc4ccc(c2c43)C(C)C1C. The molecule has 0 radical (unpaired) electrons. The van der Waals surface area contributed by atoms with Crippen molar-refractivity contribution < 1.29 is 5.11 Å². The average Bonchev–Trinajstić information content (AvgIpc) is 2.58. The summed E-state index contributed by atoms with van der Waals surface area (Å²) < 4.78 is 0. The largest absolute Gasteiger partial charge is 0.507 e. The van der Waals surface area contributed by atoms with E-state index in [9.17, 15) is 5.11 Å². The highest BCUT2D eigenvalue weighted by atomic mass is 16.3. The Morgan fingerprint density at radius 1 is 0.905 bits per heavy atom. The van der Waals surface area contributed by atoms with Crippen molar-refractivity contribution in [2.45, 2.75) is 26.7 Å². The number of benzene rings is 3. The van der Waals surface area contributed by atoms with Gasteiger partial charge in [-0.2, -0.15) is 0 Å². The van der Waals surface area contributed by atoms with Crippen LogP contribution in [-0.2, 0) is 0 Å². The molecule has 0 aromatic heterocycles. The first-order valence-electron chi connectivity index (χ1n) is 7.77. The second-order valence-electron chi connectivity index (χ2n) is 6.59. The highest BCUT2D eigenvalue weighted by Crippen LogP contribution is 2.39. The molecule has 0 fully saturated rings. The van der Waals surface area contributed by atoms with Crippen molar-refractivity contribution in [3.8, 4) is 5.75 Å². The Kier molecular flexibility index (Phi) is 2.56. The van der Waals surface area contributed by atoms with Crippen molar-refractivity contribution in [3.63, 3.8) is 0 Å². The molecule has 0 spiro atoms. The summed E-state index contributed by atoms with van der Waals surface area (Å²) in [7, 11) is 0. The highest BCUT2D eigenvalue weighted by Gasteiger charge is 2.25. The van der Waals surface area contributed by atoms with E-state index < -0.39 is 0 Å². The summed E-state index contributed by atoms with van der Waals surface area (Å²) in [5.41, 5.74) is 1.37. The van der Waals surface area contributed by atoms with Crippen molar-refractivity contribution in [2.24, 2.45) is 11.8 Å². The third-order valence-corrected chi connectivity index (χ3v) is 5.49. The van der Waals surface area contributed by atoms with E-state index in [0.29, 0.717) is 23.5 Å². The fourth-order valence-electron chi connectivity index (χ4n) is 3.89. The van der Waals surface area contributed by atoms with Gasteiger partial charge in [-0.3, -0.25) is 0 Å². The van der Waals surface area contributed by atoms with Crippen LogP contribution >= 0.6 is 0 Å². The molecule has 0 heterocycles. The molecule has 1 aliphatic rings. The lowest BCUT2D eigenvalue weighted by Gasteiger charge is -2.23. The first-order chi connectivity index (χ1) is 10.1. The van der Waals surface area contributed by atoms with Gasteiger partial charge in [0, 0.05) is 5.22 Å². The summed E-state index contributed by atoms with van der Waals surface area (Å²) in [6.07, 6.45) is 2.26. The van der Waals surface area contributed by atoms with Crippen LogP contribution in [0.25, 0.3) is 27.6 Å². The van der Waals surface area contributed by atoms with Crippen LogP contribution in [0.5, 0.6) is 5.75 Å². The Balaban J connectivity index is 2.32. The third-order valence-electron chi connectivity index (χ3n) is 5.49. The van der Waals surface area contributed by atoms with Crippen LogP contribution in [0.1, 0.15) is 32.3 Å². The van der Waals surface area contributed by atoms with Gasteiger partial charge in [0.15, 0.2) is 0 Å². The van der Waals surface area contributed by atoms with Crippen molar-refractivity contribution in [1.29, 1.82) is 0 Å². The zero-order valence-electron chi connectivity index (χ0n) is 12.7. The smallest absolute Gasteiger partial charge is 0.123 e. The predicted octanol–water partition coefficient (Wildman–Crippen LogP) is 4.59. The number of rotatable bonds is 0. The maximum absolute atomic E-state index is 10.5. The summed E-state index contributed by atoms with van der Waals surface area (Å²) in [6.45, 7) is 6.88. The molecule has 4 rings (SSSR count). The molecule has 3 aromatic rings. The molecular formula is C20H20O. The molecule has 3 aromatic carbocycles. The van der Waals surface area contributed by atoms with Gasteiger partial charge in [-0.1, -0.05) is 57.2 Å². The minimum atomic E-state index is 0.413. The number of hydrogen-bond donors (Lipinski definition) is 1. The van der Waals surface area contributed by atoms with E-state index >= 15 is 0 Å². The molecule has 21 heavy (non-hydrogen) atoms. The maximum Gasteiger partial charge on any atom is 0.123 e. The minimum Gasteiger partial charge on any atom is -0.507 e. The Labute approximate surface area is 124 Å².